The molecule has 0 aliphatic heterocycles. The summed E-state index contributed by atoms with van der Waals surface area (Å²) in [4.78, 5) is 13.2. The number of nitrogens with zero attached hydrogens (tertiary/aromatic N) is 1. The largest absolute Gasteiger partial charge is 0.397 e. The summed E-state index contributed by atoms with van der Waals surface area (Å²) in [5, 5.41) is 3.20. The molecule has 5 N–H and O–H groups in total. The third-order valence-electron chi connectivity index (χ3n) is 2.82. The third-order valence-corrected chi connectivity index (χ3v) is 2.82. The molecule has 106 valence electrons. The van der Waals surface area contributed by atoms with Gasteiger partial charge in [-0.25, -0.2) is 0 Å². The molecule has 1 amide bonds. The fourth-order valence-corrected chi connectivity index (χ4v) is 1.60. The Labute approximate surface area is 113 Å². The van der Waals surface area contributed by atoms with Crippen molar-refractivity contribution in [2.75, 3.05) is 51.4 Å². The first-order valence-corrected chi connectivity index (χ1v) is 6.15. The number of nitrogen functional groups attached to an aromatic ring is 1. The van der Waals surface area contributed by atoms with Crippen molar-refractivity contribution < 1.29 is 9.53 Å². The molecule has 0 spiro atoms. The zero-order valence-electron chi connectivity index (χ0n) is 11.5. The number of methoxy groups -OCH3 is 1. The number of carbonyl (C=O) groups excluding carboxylic acids is 1. The quantitative estimate of drug-likeness (QED) is 0.591. The van der Waals surface area contributed by atoms with Crippen LogP contribution < -0.4 is 16.8 Å². The molecule has 0 unspecified atom stereocenters. The second-order valence-electron chi connectivity index (χ2n) is 4.39. The van der Waals surface area contributed by atoms with Gasteiger partial charge in [0.25, 0.3) is 0 Å². The van der Waals surface area contributed by atoms with E-state index in [2.05, 4.69) is 10.2 Å². The van der Waals surface area contributed by atoms with Crippen molar-refractivity contribution in [1.82, 2.24) is 4.90 Å². The Morgan fingerprint density at radius 1 is 1.42 bits per heavy atom. The van der Waals surface area contributed by atoms with E-state index in [1.807, 2.05) is 7.05 Å². The van der Waals surface area contributed by atoms with Crippen molar-refractivity contribution in [2.24, 2.45) is 5.73 Å². The van der Waals surface area contributed by atoms with Gasteiger partial charge in [0.15, 0.2) is 0 Å². The predicted octanol–water partition coefficient (Wildman–Crippen LogP) is 0.358. The van der Waals surface area contributed by atoms with E-state index in [1.54, 1.807) is 25.3 Å². The molecule has 0 saturated carbocycles. The molecule has 1 rings (SSSR count). The summed E-state index contributed by atoms with van der Waals surface area (Å²) in [5.41, 5.74) is 12.9. The number of amides is 1. The van der Waals surface area contributed by atoms with Gasteiger partial charge in [0.2, 0.25) is 5.91 Å². The summed E-state index contributed by atoms with van der Waals surface area (Å²) in [6, 6.07) is 4.97. The monoisotopic (exact) mass is 266 g/mol. The van der Waals surface area contributed by atoms with Crippen LogP contribution in [0.2, 0.25) is 0 Å². The fourth-order valence-electron chi connectivity index (χ4n) is 1.60. The number of likely N-dealkylation sites (N-methyl/N-ethyl adjacent to an activating group) is 1. The smallest absolute Gasteiger partial charge is 0.248 e. The average molecular weight is 266 g/mol. The SMILES string of the molecule is COCCN(C)CCNc1cc(C(N)=O)ccc1N. The van der Waals surface area contributed by atoms with E-state index < -0.39 is 5.91 Å². The Morgan fingerprint density at radius 2 is 2.16 bits per heavy atom. The topological polar surface area (TPSA) is 93.6 Å². The lowest BCUT2D eigenvalue weighted by Crippen LogP contribution is -2.28. The number of rotatable bonds is 8. The van der Waals surface area contributed by atoms with E-state index in [0.717, 1.165) is 25.3 Å². The van der Waals surface area contributed by atoms with Crippen LogP contribution in [-0.2, 0) is 4.74 Å². The van der Waals surface area contributed by atoms with Crippen molar-refractivity contribution in [3.63, 3.8) is 0 Å². The summed E-state index contributed by atoms with van der Waals surface area (Å²) in [6.45, 7) is 3.15. The van der Waals surface area contributed by atoms with Crippen molar-refractivity contribution in [3.05, 3.63) is 23.8 Å². The second kappa shape index (κ2) is 7.60. The van der Waals surface area contributed by atoms with Crippen molar-refractivity contribution in [2.45, 2.75) is 0 Å². The normalized spacial score (nSPS) is 10.7. The van der Waals surface area contributed by atoms with Crippen LogP contribution in [-0.4, -0.2) is 51.2 Å². The molecule has 1 aromatic rings. The Kier molecular flexibility index (Phi) is 6.11. The van der Waals surface area contributed by atoms with E-state index in [0.29, 0.717) is 17.9 Å². The summed E-state index contributed by atoms with van der Waals surface area (Å²) >= 11 is 0. The average Bonchev–Trinajstić information content (AvgIpc) is 2.38. The van der Waals surface area contributed by atoms with Gasteiger partial charge in [-0.15, -0.1) is 0 Å². The zero-order valence-corrected chi connectivity index (χ0v) is 11.5. The number of nitrogens with two attached hydrogens (primary N) is 2. The van der Waals surface area contributed by atoms with Crippen LogP contribution in [0.1, 0.15) is 10.4 Å². The van der Waals surface area contributed by atoms with Gasteiger partial charge in [-0.1, -0.05) is 0 Å². The Balaban J connectivity index is 2.48. The molecular weight excluding hydrogens is 244 g/mol. The number of anilines is 2. The predicted molar refractivity (Wildman–Crippen MR) is 77.2 cm³/mol. The van der Waals surface area contributed by atoms with Crippen LogP contribution >= 0.6 is 0 Å². The highest BCUT2D eigenvalue weighted by Crippen LogP contribution is 2.19. The van der Waals surface area contributed by atoms with Crippen LogP contribution in [0.5, 0.6) is 0 Å². The first-order valence-electron chi connectivity index (χ1n) is 6.15. The van der Waals surface area contributed by atoms with Gasteiger partial charge in [-0.05, 0) is 25.2 Å². The maximum absolute atomic E-state index is 11.1. The van der Waals surface area contributed by atoms with Gasteiger partial charge in [0.05, 0.1) is 18.0 Å². The summed E-state index contributed by atoms with van der Waals surface area (Å²) in [7, 11) is 3.70. The van der Waals surface area contributed by atoms with E-state index in [9.17, 15) is 4.79 Å². The first-order chi connectivity index (χ1) is 9.04. The number of hydrogen-bond acceptors (Lipinski definition) is 5. The number of benzene rings is 1. The standard InChI is InChI=1S/C13H22N4O2/c1-17(7-8-19-2)6-5-16-12-9-10(13(15)18)3-4-11(12)14/h3-4,9,16H,5-8,14H2,1-2H3,(H2,15,18). The molecule has 19 heavy (non-hydrogen) atoms. The minimum Gasteiger partial charge on any atom is -0.397 e. The second-order valence-corrected chi connectivity index (χ2v) is 4.39. The van der Waals surface area contributed by atoms with Crippen LogP contribution in [0, 0.1) is 0 Å². The number of hydrogen-bond donors (Lipinski definition) is 3. The van der Waals surface area contributed by atoms with E-state index >= 15 is 0 Å². The number of nitrogens with one attached hydrogen (secondary N) is 1. The Bertz CT molecular complexity index is 423. The third kappa shape index (κ3) is 5.15. The maximum Gasteiger partial charge on any atom is 0.248 e. The summed E-state index contributed by atoms with van der Waals surface area (Å²) in [5.74, 6) is -0.458. The van der Waals surface area contributed by atoms with Gasteiger partial charge in [0.1, 0.15) is 0 Å². The molecule has 0 aliphatic rings. The minimum absolute atomic E-state index is 0.449. The Morgan fingerprint density at radius 3 is 2.79 bits per heavy atom. The van der Waals surface area contributed by atoms with Crippen molar-refractivity contribution >= 4 is 17.3 Å². The molecule has 0 atom stereocenters. The lowest BCUT2D eigenvalue weighted by molar-refractivity contribution is 0.100. The lowest BCUT2D eigenvalue weighted by Gasteiger charge is -2.17. The van der Waals surface area contributed by atoms with Crippen LogP contribution in [0.4, 0.5) is 11.4 Å². The molecule has 0 radical (unpaired) electrons. The van der Waals surface area contributed by atoms with Gasteiger partial charge in [-0.3, -0.25) is 4.79 Å². The van der Waals surface area contributed by atoms with Crippen molar-refractivity contribution in [3.8, 4) is 0 Å². The minimum atomic E-state index is -0.458. The van der Waals surface area contributed by atoms with Crippen molar-refractivity contribution in [1.29, 1.82) is 0 Å². The van der Waals surface area contributed by atoms with Gasteiger partial charge >= 0.3 is 0 Å². The number of ether oxygens (including phenoxy) is 1. The van der Waals surface area contributed by atoms with E-state index in [4.69, 9.17) is 16.2 Å². The molecule has 0 heterocycles. The number of carbonyl (C=O) groups is 1. The highest BCUT2D eigenvalue weighted by atomic mass is 16.5. The molecule has 6 nitrogen and oxygen atoms in total. The highest BCUT2D eigenvalue weighted by molar-refractivity contribution is 5.94. The lowest BCUT2D eigenvalue weighted by atomic mass is 10.1. The molecule has 0 fully saturated rings. The zero-order chi connectivity index (χ0) is 14.3. The summed E-state index contributed by atoms with van der Waals surface area (Å²) in [6.07, 6.45) is 0. The Hall–Kier alpha value is -1.79. The molecule has 1 aromatic carbocycles. The van der Waals surface area contributed by atoms with Gasteiger partial charge in [-0.2, -0.15) is 0 Å². The molecule has 0 aliphatic carbocycles. The van der Waals surface area contributed by atoms with Gasteiger partial charge < -0.3 is 26.4 Å². The molecular formula is C13H22N4O2. The molecule has 0 aromatic heterocycles. The van der Waals surface area contributed by atoms with Crippen LogP contribution in [0.15, 0.2) is 18.2 Å². The van der Waals surface area contributed by atoms with E-state index in [1.165, 1.54) is 0 Å². The fraction of sp³-hybridized carbons (Fsp3) is 0.462. The van der Waals surface area contributed by atoms with E-state index in [-0.39, 0.29) is 0 Å². The van der Waals surface area contributed by atoms with Crippen LogP contribution in [0.3, 0.4) is 0 Å². The van der Waals surface area contributed by atoms with Crippen LogP contribution in [0.25, 0.3) is 0 Å². The molecule has 0 bridgehead atoms. The maximum atomic E-state index is 11.1. The highest BCUT2D eigenvalue weighted by Gasteiger charge is 2.05. The summed E-state index contributed by atoms with van der Waals surface area (Å²) < 4.78 is 5.00. The van der Waals surface area contributed by atoms with Gasteiger partial charge in [0, 0.05) is 32.3 Å². The first kappa shape index (κ1) is 15.3. The molecule has 0 saturated heterocycles. The molecule has 6 heteroatoms. The number of primary amides is 1.